The Kier molecular flexibility index (Phi) is 3.42. The lowest BCUT2D eigenvalue weighted by Gasteiger charge is -2.37. The summed E-state index contributed by atoms with van der Waals surface area (Å²) in [4.78, 5) is 2.57. The van der Waals surface area contributed by atoms with E-state index in [2.05, 4.69) is 24.2 Å². The Morgan fingerprint density at radius 1 is 1.29 bits per heavy atom. The largest absolute Gasteiger partial charge is 0.378 e. The summed E-state index contributed by atoms with van der Waals surface area (Å²) in [5.41, 5.74) is 0. The van der Waals surface area contributed by atoms with Crippen molar-refractivity contribution in [1.29, 1.82) is 0 Å². The zero-order valence-corrected chi connectivity index (χ0v) is 9.33. The highest BCUT2D eigenvalue weighted by molar-refractivity contribution is 4.85. The van der Waals surface area contributed by atoms with Crippen LogP contribution in [0.25, 0.3) is 0 Å². The molecule has 14 heavy (non-hydrogen) atoms. The van der Waals surface area contributed by atoms with E-state index >= 15 is 0 Å². The topological polar surface area (TPSA) is 24.5 Å². The minimum absolute atomic E-state index is 0.450. The first-order valence-electron chi connectivity index (χ1n) is 5.81. The molecule has 2 heterocycles. The minimum Gasteiger partial charge on any atom is -0.378 e. The molecule has 0 aromatic rings. The summed E-state index contributed by atoms with van der Waals surface area (Å²) >= 11 is 0. The van der Waals surface area contributed by atoms with Crippen molar-refractivity contribution in [2.24, 2.45) is 0 Å². The highest BCUT2D eigenvalue weighted by Crippen LogP contribution is 2.21. The third-order valence-electron chi connectivity index (χ3n) is 3.64. The number of likely N-dealkylation sites (N-methyl/N-ethyl adjacent to an activating group) is 1. The number of hydrogen-bond donors (Lipinski definition) is 1. The molecule has 0 saturated carbocycles. The highest BCUT2D eigenvalue weighted by atomic mass is 16.5. The molecule has 0 amide bonds. The van der Waals surface area contributed by atoms with Gasteiger partial charge < -0.3 is 10.1 Å². The second kappa shape index (κ2) is 4.60. The van der Waals surface area contributed by atoms with Crippen LogP contribution in [0.5, 0.6) is 0 Å². The maximum atomic E-state index is 5.58. The molecular weight excluding hydrogens is 176 g/mol. The van der Waals surface area contributed by atoms with E-state index in [9.17, 15) is 0 Å². The third kappa shape index (κ3) is 2.27. The molecule has 0 aliphatic carbocycles. The lowest BCUT2D eigenvalue weighted by Crippen LogP contribution is -2.45. The van der Waals surface area contributed by atoms with Gasteiger partial charge in [-0.05, 0) is 39.8 Å². The van der Waals surface area contributed by atoms with Crippen LogP contribution >= 0.6 is 0 Å². The Morgan fingerprint density at radius 3 is 2.79 bits per heavy atom. The van der Waals surface area contributed by atoms with Gasteiger partial charge in [0.25, 0.3) is 0 Å². The fraction of sp³-hybridized carbons (Fsp3) is 1.00. The Bertz CT molecular complexity index is 180. The Morgan fingerprint density at radius 2 is 2.14 bits per heavy atom. The average molecular weight is 198 g/mol. The van der Waals surface area contributed by atoms with Crippen molar-refractivity contribution < 1.29 is 4.74 Å². The van der Waals surface area contributed by atoms with E-state index in [4.69, 9.17) is 4.74 Å². The molecule has 0 radical (unpaired) electrons. The summed E-state index contributed by atoms with van der Waals surface area (Å²) in [7, 11) is 2.28. The summed E-state index contributed by atoms with van der Waals surface area (Å²) in [6.45, 7) is 5.49. The van der Waals surface area contributed by atoms with E-state index in [1.54, 1.807) is 0 Å². The van der Waals surface area contributed by atoms with Crippen LogP contribution in [0.3, 0.4) is 0 Å². The van der Waals surface area contributed by atoms with Crippen molar-refractivity contribution in [3.05, 3.63) is 0 Å². The molecule has 82 valence electrons. The first-order chi connectivity index (χ1) is 6.77. The van der Waals surface area contributed by atoms with Gasteiger partial charge in [-0.25, -0.2) is 0 Å². The highest BCUT2D eigenvalue weighted by Gasteiger charge is 2.28. The number of ether oxygens (including phenoxy) is 1. The second-order valence-electron chi connectivity index (χ2n) is 4.67. The van der Waals surface area contributed by atoms with E-state index in [0.29, 0.717) is 6.10 Å². The minimum atomic E-state index is 0.450. The van der Waals surface area contributed by atoms with Gasteiger partial charge in [-0.2, -0.15) is 0 Å². The van der Waals surface area contributed by atoms with Gasteiger partial charge in [0.05, 0.1) is 6.10 Å². The van der Waals surface area contributed by atoms with Crippen molar-refractivity contribution in [1.82, 2.24) is 10.2 Å². The molecule has 0 aromatic heterocycles. The average Bonchev–Trinajstić information content (AvgIpc) is 2.69. The van der Waals surface area contributed by atoms with Gasteiger partial charge in [-0.15, -0.1) is 0 Å². The Balaban J connectivity index is 1.86. The molecule has 0 bridgehead atoms. The monoisotopic (exact) mass is 198 g/mol. The van der Waals surface area contributed by atoms with Crippen molar-refractivity contribution in [2.45, 2.75) is 44.4 Å². The molecule has 2 saturated heterocycles. The maximum absolute atomic E-state index is 5.58. The molecule has 2 aliphatic heterocycles. The summed E-state index contributed by atoms with van der Waals surface area (Å²) in [6.07, 6.45) is 4.16. The fourth-order valence-corrected chi connectivity index (χ4v) is 2.63. The van der Waals surface area contributed by atoms with Crippen molar-refractivity contribution in [2.75, 3.05) is 26.7 Å². The molecule has 1 N–H and O–H groups in total. The predicted molar refractivity (Wildman–Crippen MR) is 57.5 cm³/mol. The molecule has 2 aliphatic rings. The van der Waals surface area contributed by atoms with Gasteiger partial charge >= 0.3 is 0 Å². The lowest BCUT2D eigenvalue weighted by atomic mass is 10.0. The van der Waals surface area contributed by atoms with Gasteiger partial charge in [0.2, 0.25) is 0 Å². The number of rotatable bonds is 2. The smallest absolute Gasteiger partial charge is 0.0561 e. The quantitative estimate of drug-likeness (QED) is 0.712. The van der Waals surface area contributed by atoms with E-state index < -0.39 is 0 Å². The van der Waals surface area contributed by atoms with Crippen LogP contribution in [0.4, 0.5) is 0 Å². The van der Waals surface area contributed by atoms with Crippen molar-refractivity contribution >= 4 is 0 Å². The zero-order chi connectivity index (χ0) is 9.97. The van der Waals surface area contributed by atoms with Crippen LogP contribution in [-0.2, 0) is 4.74 Å². The van der Waals surface area contributed by atoms with Crippen LogP contribution in [0.2, 0.25) is 0 Å². The summed E-state index contributed by atoms with van der Waals surface area (Å²) < 4.78 is 5.58. The summed E-state index contributed by atoms with van der Waals surface area (Å²) in [5, 5.41) is 3.43. The first kappa shape index (κ1) is 10.4. The molecule has 3 unspecified atom stereocenters. The summed E-state index contributed by atoms with van der Waals surface area (Å²) in [6, 6.07) is 1.49. The van der Waals surface area contributed by atoms with E-state index in [-0.39, 0.29) is 0 Å². The molecule has 2 rings (SSSR count). The maximum Gasteiger partial charge on any atom is 0.0561 e. The third-order valence-corrected chi connectivity index (χ3v) is 3.64. The van der Waals surface area contributed by atoms with Gasteiger partial charge in [-0.3, -0.25) is 4.90 Å². The predicted octanol–water partition coefficient (Wildman–Crippen LogP) is 0.848. The Labute approximate surface area is 86.8 Å². The van der Waals surface area contributed by atoms with E-state index in [1.807, 2.05) is 0 Å². The zero-order valence-electron chi connectivity index (χ0n) is 9.33. The van der Waals surface area contributed by atoms with E-state index in [0.717, 1.165) is 18.7 Å². The van der Waals surface area contributed by atoms with Crippen molar-refractivity contribution in [3.8, 4) is 0 Å². The number of nitrogens with zero attached hydrogens (tertiary/aromatic N) is 1. The standard InChI is InChI=1S/C11H22N2O/c1-9-7-10(4-6-14-9)13(2)11-3-5-12-8-11/h9-12H,3-8H2,1-2H3. The van der Waals surface area contributed by atoms with Gasteiger partial charge in [0, 0.05) is 25.2 Å². The molecular formula is C11H22N2O. The van der Waals surface area contributed by atoms with Gasteiger partial charge in [0.15, 0.2) is 0 Å². The normalized spacial score (nSPS) is 39.2. The fourth-order valence-electron chi connectivity index (χ4n) is 2.63. The Hall–Kier alpha value is -0.120. The van der Waals surface area contributed by atoms with Gasteiger partial charge in [-0.1, -0.05) is 0 Å². The number of nitrogens with one attached hydrogen (secondary N) is 1. The van der Waals surface area contributed by atoms with Crippen molar-refractivity contribution in [3.63, 3.8) is 0 Å². The summed E-state index contributed by atoms with van der Waals surface area (Å²) in [5.74, 6) is 0. The molecule has 3 atom stereocenters. The van der Waals surface area contributed by atoms with E-state index in [1.165, 1.54) is 32.4 Å². The van der Waals surface area contributed by atoms with Crippen LogP contribution in [0.1, 0.15) is 26.2 Å². The second-order valence-corrected chi connectivity index (χ2v) is 4.67. The number of hydrogen-bond acceptors (Lipinski definition) is 3. The molecule has 3 nitrogen and oxygen atoms in total. The van der Waals surface area contributed by atoms with Crippen LogP contribution < -0.4 is 5.32 Å². The van der Waals surface area contributed by atoms with Crippen LogP contribution in [0.15, 0.2) is 0 Å². The lowest BCUT2D eigenvalue weighted by molar-refractivity contribution is -0.0189. The SMILES string of the molecule is CC1CC(N(C)C2CCNC2)CCO1. The molecule has 0 aromatic carbocycles. The molecule has 2 fully saturated rings. The molecule has 0 spiro atoms. The molecule has 3 heteroatoms. The van der Waals surface area contributed by atoms with Crippen LogP contribution in [-0.4, -0.2) is 49.8 Å². The first-order valence-corrected chi connectivity index (χ1v) is 5.81. The van der Waals surface area contributed by atoms with Gasteiger partial charge in [0.1, 0.15) is 0 Å². The van der Waals surface area contributed by atoms with Crippen LogP contribution in [0, 0.1) is 0 Å².